The molecule has 0 saturated carbocycles. The van der Waals surface area contributed by atoms with E-state index in [0.717, 1.165) is 0 Å². The molecule has 1 heterocycles. The molecule has 0 aliphatic heterocycles. The number of nitrogens with zero attached hydrogens (tertiary/aromatic N) is 1. The van der Waals surface area contributed by atoms with Crippen molar-refractivity contribution in [3.63, 3.8) is 0 Å². The first kappa shape index (κ1) is 23.1. The highest BCUT2D eigenvalue weighted by molar-refractivity contribution is 7.90. The lowest BCUT2D eigenvalue weighted by molar-refractivity contribution is -0.116. The molecule has 0 unspecified atom stereocenters. The SMILES string of the molecule is CC(C)c1ccc(NC(=O)Cn2cc(S(=O)(=O)Cc3ccc(Cl)cc3)c3ccccc32)cc1. The molecule has 7 heteroatoms. The number of fused-ring (bicyclic) bond motifs is 1. The summed E-state index contributed by atoms with van der Waals surface area (Å²) in [6.45, 7) is 4.23. The largest absolute Gasteiger partial charge is 0.337 e. The van der Waals surface area contributed by atoms with Crippen LogP contribution in [-0.2, 0) is 26.9 Å². The fourth-order valence-corrected chi connectivity index (χ4v) is 5.48. The average Bonchev–Trinajstić information content (AvgIpc) is 3.15. The quantitative estimate of drug-likeness (QED) is 0.351. The monoisotopic (exact) mass is 480 g/mol. The normalized spacial score (nSPS) is 11.8. The molecule has 3 aromatic carbocycles. The Balaban J connectivity index is 1.59. The van der Waals surface area contributed by atoms with Gasteiger partial charge in [0.15, 0.2) is 9.84 Å². The maximum Gasteiger partial charge on any atom is 0.244 e. The number of anilines is 1. The predicted molar refractivity (Wildman–Crippen MR) is 133 cm³/mol. The lowest BCUT2D eigenvalue weighted by atomic mass is 10.0. The number of benzene rings is 3. The van der Waals surface area contributed by atoms with Gasteiger partial charge in [-0.25, -0.2) is 8.42 Å². The summed E-state index contributed by atoms with van der Waals surface area (Å²) in [4.78, 5) is 12.9. The number of carbonyl (C=O) groups is 1. The van der Waals surface area contributed by atoms with Crippen LogP contribution >= 0.6 is 11.6 Å². The Hall–Kier alpha value is -3.09. The molecule has 4 aromatic rings. The zero-order valence-electron chi connectivity index (χ0n) is 18.5. The van der Waals surface area contributed by atoms with Crippen molar-refractivity contribution in [1.82, 2.24) is 4.57 Å². The van der Waals surface area contributed by atoms with E-state index < -0.39 is 9.84 Å². The van der Waals surface area contributed by atoms with Crippen LogP contribution in [-0.4, -0.2) is 18.9 Å². The zero-order valence-corrected chi connectivity index (χ0v) is 20.0. The van der Waals surface area contributed by atoms with Crippen LogP contribution in [0.4, 0.5) is 5.69 Å². The van der Waals surface area contributed by atoms with E-state index in [1.807, 2.05) is 36.4 Å². The summed E-state index contributed by atoms with van der Waals surface area (Å²) in [6.07, 6.45) is 1.55. The van der Waals surface area contributed by atoms with Gasteiger partial charge in [0.1, 0.15) is 6.54 Å². The minimum Gasteiger partial charge on any atom is -0.337 e. The van der Waals surface area contributed by atoms with Crippen LogP contribution in [0.25, 0.3) is 10.9 Å². The molecule has 0 atom stereocenters. The first-order valence-corrected chi connectivity index (χ1v) is 12.7. The maximum absolute atomic E-state index is 13.2. The fraction of sp³-hybridized carbons (Fsp3) is 0.192. The highest BCUT2D eigenvalue weighted by Crippen LogP contribution is 2.28. The van der Waals surface area contributed by atoms with Crippen LogP contribution in [0.2, 0.25) is 5.02 Å². The molecule has 0 saturated heterocycles. The first-order valence-electron chi connectivity index (χ1n) is 10.7. The lowest BCUT2D eigenvalue weighted by Crippen LogP contribution is -2.18. The third kappa shape index (κ3) is 5.29. The second-order valence-corrected chi connectivity index (χ2v) is 10.7. The Morgan fingerprint density at radius 2 is 1.64 bits per heavy atom. The average molecular weight is 481 g/mol. The van der Waals surface area contributed by atoms with E-state index in [1.165, 1.54) is 5.56 Å². The van der Waals surface area contributed by atoms with E-state index in [4.69, 9.17) is 11.6 Å². The molecule has 0 aliphatic rings. The molecular weight excluding hydrogens is 456 g/mol. The van der Waals surface area contributed by atoms with Gasteiger partial charge in [0.05, 0.1) is 10.6 Å². The topological polar surface area (TPSA) is 68.2 Å². The summed E-state index contributed by atoms with van der Waals surface area (Å²) in [5, 5.41) is 4.04. The summed E-state index contributed by atoms with van der Waals surface area (Å²) < 4.78 is 28.1. The van der Waals surface area contributed by atoms with Gasteiger partial charge in [-0.3, -0.25) is 4.79 Å². The number of hydrogen-bond donors (Lipinski definition) is 1. The second kappa shape index (κ2) is 9.41. The molecule has 0 fully saturated rings. The number of halogens is 1. The van der Waals surface area contributed by atoms with Crippen LogP contribution in [0.5, 0.6) is 0 Å². The van der Waals surface area contributed by atoms with Crippen molar-refractivity contribution < 1.29 is 13.2 Å². The molecule has 1 N–H and O–H groups in total. The van der Waals surface area contributed by atoms with Crippen LogP contribution < -0.4 is 5.32 Å². The van der Waals surface area contributed by atoms with Crippen molar-refractivity contribution in [2.75, 3.05) is 5.32 Å². The first-order chi connectivity index (χ1) is 15.7. The summed E-state index contributed by atoms with van der Waals surface area (Å²) >= 11 is 5.92. The number of para-hydroxylation sites is 1. The number of aromatic nitrogens is 1. The van der Waals surface area contributed by atoms with Gasteiger partial charge in [-0.05, 0) is 47.4 Å². The van der Waals surface area contributed by atoms with Crippen LogP contribution in [0.1, 0.15) is 30.9 Å². The molecule has 33 heavy (non-hydrogen) atoms. The van der Waals surface area contributed by atoms with Gasteiger partial charge in [0.25, 0.3) is 0 Å². The molecule has 0 aliphatic carbocycles. The van der Waals surface area contributed by atoms with Gasteiger partial charge in [0.2, 0.25) is 5.91 Å². The van der Waals surface area contributed by atoms with Gasteiger partial charge in [-0.1, -0.05) is 67.9 Å². The summed E-state index contributed by atoms with van der Waals surface area (Å²) in [5.41, 5.74) is 3.24. The van der Waals surface area contributed by atoms with Crippen molar-refractivity contribution in [2.45, 2.75) is 37.0 Å². The standard InChI is InChI=1S/C26H25ClN2O3S/c1-18(2)20-9-13-22(14-10-20)28-26(30)16-29-15-25(23-5-3-4-6-24(23)29)33(31,32)17-19-7-11-21(27)12-8-19/h3-15,18H,16-17H2,1-2H3,(H,28,30). The minimum absolute atomic E-state index is 0.00289. The number of carbonyl (C=O) groups excluding carboxylic acids is 1. The van der Waals surface area contributed by atoms with Crippen molar-refractivity contribution in [3.05, 3.63) is 95.1 Å². The van der Waals surface area contributed by atoms with Crippen molar-refractivity contribution in [3.8, 4) is 0 Å². The van der Waals surface area contributed by atoms with Crippen molar-refractivity contribution >= 4 is 43.9 Å². The van der Waals surface area contributed by atoms with Gasteiger partial charge in [0, 0.05) is 27.8 Å². The Morgan fingerprint density at radius 3 is 2.30 bits per heavy atom. The third-order valence-corrected chi connectivity index (χ3v) is 7.49. The van der Waals surface area contributed by atoms with E-state index in [2.05, 4.69) is 19.2 Å². The maximum atomic E-state index is 13.2. The molecular formula is C26H25ClN2O3S. The number of nitrogens with one attached hydrogen (secondary N) is 1. The van der Waals surface area contributed by atoms with E-state index in [-0.39, 0.29) is 23.1 Å². The fourth-order valence-electron chi connectivity index (χ4n) is 3.78. The minimum atomic E-state index is -3.64. The highest BCUT2D eigenvalue weighted by atomic mass is 35.5. The Kier molecular flexibility index (Phi) is 6.58. The molecule has 170 valence electrons. The zero-order chi connectivity index (χ0) is 23.6. The molecule has 0 spiro atoms. The molecule has 1 aromatic heterocycles. The molecule has 4 rings (SSSR count). The van der Waals surface area contributed by atoms with Crippen LogP contribution in [0.3, 0.4) is 0 Å². The van der Waals surface area contributed by atoms with Gasteiger partial charge >= 0.3 is 0 Å². The van der Waals surface area contributed by atoms with Gasteiger partial charge in [-0.15, -0.1) is 0 Å². The van der Waals surface area contributed by atoms with Crippen LogP contribution in [0, 0.1) is 0 Å². The van der Waals surface area contributed by atoms with Crippen molar-refractivity contribution in [1.29, 1.82) is 0 Å². The number of amides is 1. The highest BCUT2D eigenvalue weighted by Gasteiger charge is 2.22. The molecule has 0 bridgehead atoms. The van der Waals surface area contributed by atoms with E-state index in [9.17, 15) is 13.2 Å². The summed E-state index contributed by atoms with van der Waals surface area (Å²) in [7, 11) is -3.64. The Bertz CT molecular complexity index is 1390. The van der Waals surface area contributed by atoms with Gasteiger partial charge in [-0.2, -0.15) is 0 Å². The Labute approximate surface area is 198 Å². The third-order valence-electron chi connectivity index (χ3n) is 5.53. The smallest absolute Gasteiger partial charge is 0.244 e. The second-order valence-electron chi connectivity index (χ2n) is 8.35. The lowest BCUT2D eigenvalue weighted by Gasteiger charge is -2.09. The number of sulfone groups is 1. The van der Waals surface area contributed by atoms with Crippen molar-refractivity contribution in [2.24, 2.45) is 0 Å². The van der Waals surface area contributed by atoms with Crippen LogP contribution in [0.15, 0.2) is 83.9 Å². The molecule has 1 amide bonds. The van der Waals surface area contributed by atoms with Gasteiger partial charge < -0.3 is 9.88 Å². The summed E-state index contributed by atoms with van der Waals surface area (Å²) in [6, 6.07) is 21.7. The molecule has 5 nitrogen and oxygen atoms in total. The number of hydrogen-bond acceptors (Lipinski definition) is 3. The predicted octanol–water partition coefficient (Wildman–Crippen LogP) is 6.03. The Morgan fingerprint density at radius 1 is 0.970 bits per heavy atom. The summed E-state index contributed by atoms with van der Waals surface area (Å²) in [5.74, 6) is 0.0379. The van der Waals surface area contributed by atoms with E-state index in [1.54, 1.807) is 47.2 Å². The number of rotatable bonds is 7. The van der Waals surface area contributed by atoms with E-state index in [0.29, 0.717) is 33.1 Å². The molecule has 0 radical (unpaired) electrons. The van der Waals surface area contributed by atoms with E-state index >= 15 is 0 Å².